The first-order valence-corrected chi connectivity index (χ1v) is 8.25. The molecule has 3 nitrogen and oxygen atoms in total. The summed E-state index contributed by atoms with van der Waals surface area (Å²) in [6.45, 7) is 3.64. The number of rotatable bonds is 3. The fourth-order valence-corrected chi connectivity index (χ4v) is 4.85. The van der Waals surface area contributed by atoms with Gasteiger partial charge in [-0.15, -0.1) is 11.3 Å². The first-order valence-electron chi connectivity index (χ1n) is 6.38. The SMILES string of the molecule is CC1(CN2C(=O)CNC2c2cccs2)CCCS1. The Hall–Kier alpha value is -0.520. The highest BCUT2D eigenvalue weighted by Crippen LogP contribution is 2.40. The van der Waals surface area contributed by atoms with Crippen molar-refractivity contribution in [1.82, 2.24) is 10.2 Å². The molecule has 98 valence electrons. The molecule has 0 bridgehead atoms. The molecule has 1 N–H and O–H groups in total. The molecule has 5 heteroatoms. The Kier molecular flexibility index (Phi) is 3.38. The lowest BCUT2D eigenvalue weighted by molar-refractivity contribution is -0.128. The van der Waals surface area contributed by atoms with Crippen LogP contribution in [0.15, 0.2) is 17.5 Å². The van der Waals surface area contributed by atoms with Crippen molar-refractivity contribution in [3.8, 4) is 0 Å². The number of carbonyl (C=O) groups is 1. The molecule has 3 heterocycles. The minimum Gasteiger partial charge on any atom is -0.320 e. The summed E-state index contributed by atoms with van der Waals surface area (Å²) >= 11 is 3.73. The zero-order chi connectivity index (χ0) is 12.6. The summed E-state index contributed by atoms with van der Waals surface area (Å²) in [5.41, 5.74) is 0. The zero-order valence-corrected chi connectivity index (χ0v) is 12.1. The van der Waals surface area contributed by atoms with Crippen molar-refractivity contribution in [2.24, 2.45) is 0 Å². The number of hydrogen-bond acceptors (Lipinski definition) is 4. The van der Waals surface area contributed by atoms with Crippen LogP contribution in [-0.2, 0) is 4.79 Å². The minimum atomic E-state index is 0.0931. The number of nitrogens with zero attached hydrogens (tertiary/aromatic N) is 1. The average molecular weight is 282 g/mol. The molecule has 2 fully saturated rings. The highest BCUT2D eigenvalue weighted by atomic mass is 32.2. The number of nitrogens with one attached hydrogen (secondary N) is 1. The van der Waals surface area contributed by atoms with Crippen LogP contribution in [0, 0.1) is 0 Å². The summed E-state index contributed by atoms with van der Waals surface area (Å²) in [4.78, 5) is 15.3. The molecular weight excluding hydrogens is 264 g/mol. The molecule has 0 spiro atoms. The summed E-state index contributed by atoms with van der Waals surface area (Å²) in [5, 5.41) is 5.40. The third kappa shape index (κ3) is 2.31. The van der Waals surface area contributed by atoms with Gasteiger partial charge in [0.2, 0.25) is 5.91 Å². The quantitative estimate of drug-likeness (QED) is 0.924. The van der Waals surface area contributed by atoms with E-state index in [-0.39, 0.29) is 16.8 Å². The van der Waals surface area contributed by atoms with Crippen LogP contribution in [0.5, 0.6) is 0 Å². The molecule has 2 aliphatic rings. The van der Waals surface area contributed by atoms with E-state index in [1.165, 1.54) is 23.5 Å². The Morgan fingerprint density at radius 3 is 3.17 bits per heavy atom. The molecule has 0 aliphatic carbocycles. The van der Waals surface area contributed by atoms with Crippen LogP contribution in [-0.4, -0.2) is 34.4 Å². The minimum absolute atomic E-state index is 0.0931. The second-order valence-corrected chi connectivity index (χ2v) is 7.88. The van der Waals surface area contributed by atoms with E-state index in [4.69, 9.17) is 0 Å². The van der Waals surface area contributed by atoms with E-state index in [1.54, 1.807) is 11.3 Å². The molecule has 0 aromatic carbocycles. The number of carbonyl (C=O) groups excluding carboxylic acids is 1. The van der Waals surface area contributed by atoms with Crippen LogP contribution in [0.2, 0.25) is 0 Å². The van der Waals surface area contributed by atoms with Crippen molar-refractivity contribution in [1.29, 1.82) is 0 Å². The Bertz CT molecular complexity index is 426. The molecule has 2 aliphatic heterocycles. The van der Waals surface area contributed by atoms with Crippen LogP contribution in [0.25, 0.3) is 0 Å². The molecule has 1 aromatic rings. The predicted octanol–water partition coefficient (Wildman–Crippen LogP) is 2.46. The summed E-state index contributed by atoms with van der Waals surface area (Å²) < 4.78 is 0.247. The lowest BCUT2D eigenvalue weighted by Gasteiger charge is -2.32. The smallest absolute Gasteiger partial charge is 0.238 e. The van der Waals surface area contributed by atoms with Gasteiger partial charge in [-0.25, -0.2) is 0 Å². The normalized spacial score (nSPS) is 32.4. The van der Waals surface area contributed by atoms with Crippen molar-refractivity contribution in [2.75, 3.05) is 18.8 Å². The zero-order valence-electron chi connectivity index (χ0n) is 10.5. The third-order valence-electron chi connectivity index (χ3n) is 3.70. The molecular formula is C13H18N2OS2. The van der Waals surface area contributed by atoms with Crippen molar-refractivity contribution >= 4 is 29.0 Å². The molecule has 2 unspecified atom stereocenters. The Morgan fingerprint density at radius 1 is 1.61 bits per heavy atom. The molecule has 18 heavy (non-hydrogen) atoms. The van der Waals surface area contributed by atoms with E-state index in [2.05, 4.69) is 29.8 Å². The number of thioether (sulfide) groups is 1. The Labute approximate surface area is 116 Å². The van der Waals surface area contributed by atoms with E-state index in [0.717, 1.165) is 6.54 Å². The Balaban J connectivity index is 1.77. The summed E-state index contributed by atoms with van der Waals surface area (Å²) in [7, 11) is 0. The van der Waals surface area contributed by atoms with Gasteiger partial charge in [0.15, 0.2) is 0 Å². The van der Waals surface area contributed by atoms with Gasteiger partial charge in [0.1, 0.15) is 6.17 Å². The summed E-state index contributed by atoms with van der Waals surface area (Å²) in [6, 6.07) is 4.16. The van der Waals surface area contributed by atoms with Crippen LogP contribution >= 0.6 is 23.1 Å². The van der Waals surface area contributed by atoms with E-state index < -0.39 is 0 Å². The lowest BCUT2D eigenvalue weighted by atomic mass is 10.0. The number of amides is 1. The van der Waals surface area contributed by atoms with Crippen molar-refractivity contribution < 1.29 is 4.79 Å². The van der Waals surface area contributed by atoms with E-state index in [1.807, 2.05) is 16.7 Å². The molecule has 0 radical (unpaired) electrons. The molecule has 2 saturated heterocycles. The third-order valence-corrected chi connectivity index (χ3v) is 6.14. The average Bonchev–Trinajstić information content (AvgIpc) is 3.03. The number of thiophene rings is 1. The van der Waals surface area contributed by atoms with Crippen LogP contribution in [0.1, 0.15) is 30.8 Å². The summed E-state index contributed by atoms with van der Waals surface area (Å²) in [6.07, 6.45) is 2.59. The van der Waals surface area contributed by atoms with Crippen LogP contribution in [0.3, 0.4) is 0 Å². The highest BCUT2D eigenvalue weighted by Gasteiger charge is 2.39. The maximum absolute atomic E-state index is 12.1. The van der Waals surface area contributed by atoms with Gasteiger partial charge in [0.05, 0.1) is 6.54 Å². The fraction of sp³-hybridized carbons (Fsp3) is 0.615. The molecule has 1 aromatic heterocycles. The van der Waals surface area contributed by atoms with E-state index in [9.17, 15) is 4.79 Å². The van der Waals surface area contributed by atoms with Gasteiger partial charge in [-0.3, -0.25) is 10.1 Å². The first-order chi connectivity index (χ1) is 8.68. The molecule has 2 atom stereocenters. The van der Waals surface area contributed by atoms with Crippen molar-refractivity contribution in [3.05, 3.63) is 22.4 Å². The Morgan fingerprint density at radius 2 is 2.50 bits per heavy atom. The first kappa shape index (κ1) is 12.5. The molecule has 3 rings (SSSR count). The van der Waals surface area contributed by atoms with E-state index in [0.29, 0.717) is 6.54 Å². The highest BCUT2D eigenvalue weighted by molar-refractivity contribution is 8.00. The van der Waals surface area contributed by atoms with Gasteiger partial charge >= 0.3 is 0 Å². The fourth-order valence-electron chi connectivity index (χ4n) is 2.74. The molecule has 0 saturated carbocycles. The van der Waals surface area contributed by atoms with Crippen molar-refractivity contribution in [2.45, 2.75) is 30.7 Å². The lowest BCUT2D eigenvalue weighted by Crippen LogP contribution is -2.40. The number of hydrogen-bond donors (Lipinski definition) is 1. The van der Waals surface area contributed by atoms with Gasteiger partial charge in [0, 0.05) is 16.2 Å². The summed E-state index contributed by atoms with van der Waals surface area (Å²) in [5.74, 6) is 1.47. The monoisotopic (exact) mass is 282 g/mol. The van der Waals surface area contributed by atoms with Gasteiger partial charge in [-0.1, -0.05) is 6.07 Å². The van der Waals surface area contributed by atoms with Crippen molar-refractivity contribution in [3.63, 3.8) is 0 Å². The van der Waals surface area contributed by atoms with Gasteiger partial charge in [-0.2, -0.15) is 11.8 Å². The standard InChI is InChI=1S/C13H18N2OS2/c1-13(5-3-7-18-13)9-15-11(16)8-14-12(15)10-4-2-6-17-10/h2,4,6,12,14H,3,5,7-9H2,1H3. The van der Waals surface area contributed by atoms with Gasteiger partial charge in [0.25, 0.3) is 0 Å². The van der Waals surface area contributed by atoms with E-state index >= 15 is 0 Å². The maximum Gasteiger partial charge on any atom is 0.238 e. The molecule has 1 amide bonds. The van der Waals surface area contributed by atoms with Crippen LogP contribution in [0.4, 0.5) is 0 Å². The predicted molar refractivity (Wildman–Crippen MR) is 76.9 cm³/mol. The van der Waals surface area contributed by atoms with Crippen LogP contribution < -0.4 is 5.32 Å². The topological polar surface area (TPSA) is 32.3 Å². The van der Waals surface area contributed by atoms with Gasteiger partial charge in [-0.05, 0) is 37.0 Å². The van der Waals surface area contributed by atoms with Gasteiger partial charge < -0.3 is 4.90 Å². The largest absolute Gasteiger partial charge is 0.320 e. The second-order valence-electron chi connectivity index (χ2n) is 5.22. The second kappa shape index (κ2) is 4.87. The maximum atomic E-state index is 12.1.